The first-order valence-electron chi connectivity index (χ1n) is 8.67. The van der Waals surface area contributed by atoms with Crippen LogP contribution in [-0.2, 0) is 7.05 Å². The first-order valence-corrected chi connectivity index (χ1v) is 9.04. The predicted molar refractivity (Wildman–Crippen MR) is 105 cm³/mol. The third-order valence-corrected chi connectivity index (χ3v) is 5.01. The van der Waals surface area contributed by atoms with E-state index in [2.05, 4.69) is 10.3 Å². The highest BCUT2D eigenvalue weighted by Crippen LogP contribution is 2.31. The molecule has 2 heterocycles. The lowest BCUT2D eigenvalue weighted by atomic mass is 10.1. The van der Waals surface area contributed by atoms with Crippen LogP contribution in [0, 0.1) is 12.7 Å². The molecule has 2 aromatic carbocycles. The van der Waals surface area contributed by atoms with E-state index < -0.39 is 11.9 Å². The summed E-state index contributed by atoms with van der Waals surface area (Å²) in [5, 5.41) is 4.18. The van der Waals surface area contributed by atoms with Crippen molar-refractivity contribution >= 4 is 28.5 Å². The normalized spacial score (nSPS) is 12.3. The molecule has 0 aliphatic rings. The standard InChI is InChI=1S/C21H17ClFN3O2/c1-12-15-4-3-5-16(22)19(15)28-18(12)21(27)25-17(20-24-10-11-26(20)2)13-6-8-14(23)9-7-13/h3-11,17H,1-2H3,(H,25,27)/t17-/m0/s1. The van der Waals surface area contributed by atoms with Gasteiger partial charge in [0.2, 0.25) is 0 Å². The zero-order chi connectivity index (χ0) is 19.8. The Bertz CT molecular complexity index is 1160. The Hall–Kier alpha value is -3.12. The van der Waals surface area contributed by atoms with Gasteiger partial charge in [0, 0.05) is 30.4 Å². The third kappa shape index (κ3) is 3.16. The Morgan fingerprint density at radius 3 is 2.64 bits per heavy atom. The van der Waals surface area contributed by atoms with Gasteiger partial charge in [-0.2, -0.15) is 0 Å². The number of benzene rings is 2. The fourth-order valence-electron chi connectivity index (χ4n) is 3.23. The van der Waals surface area contributed by atoms with Crippen molar-refractivity contribution in [2.24, 2.45) is 7.05 Å². The van der Waals surface area contributed by atoms with Gasteiger partial charge in [-0.25, -0.2) is 9.37 Å². The van der Waals surface area contributed by atoms with Crippen LogP contribution in [0.1, 0.15) is 33.5 Å². The van der Waals surface area contributed by atoms with E-state index in [1.54, 1.807) is 35.2 Å². The van der Waals surface area contributed by atoms with E-state index in [-0.39, 0.29) is 11.6 Å². The molecule has 0 radical (unpaired) electrons. The first-order chi connectivity index (χ1) is 13.5. The van der Waals surface area contributed by atoms with Gasteiger partial charge in [-0.3, -0.25) is 4.79 Å². The summed E-state index contributed by atoms with van der Waals surface area (Å²) < 4.78 is 20.9. The molecule has 0 saturated carbocycles. The fourth-order valence-corrected chi connectivity index (χ4v) is 3.44. The third-order valence-electron chi connectivity index (χ3n) is 4.72. The van der Waals surface area contributed by atoms with Crippen LogP contribution in [0.2, 0.25) is 5.02 Å². The molecule has 0 aliphatic heterocycles. The van der Waals surface area contributed by atoms with Gasteiger partial charge < -0.3 is 14.3 Å². The van der Waals surface area contributed by atoms with Crippen LogP contribution in [0.5, 0.6) is 0 Å². The predicted octanol–water partition coefficient (Wildman–Crippen LogP) is 4.79. The Kier molecular flexibility index (Phi) is 4.65. The number of imidazole rings is 1. The maximum Gasteiger partial charge on any atom is 0.288 e. The van der Waals surface area contributed by atoms with Crippen LogP contribution in [-0.4, -0.2) is 15.5 Å². The molecule has 7 heteroatoms. The molecule has 0 saturated heterocycles. The number of carbonyl (C=O) groups is 1. The number of aryl methyl sites for hydroxylation is 2. The number of aromatic nitrogens is 2. The lowest BCUT2D eigenvalue weighted by molar-refractivity contribution is 0.0914. The summed E-state index contributed by atoms with van der Waals surface area (Å²) >= 11 is 6.19. The number of amides is 1. The number of hydrogen-bond donors (Lipinski definition) is 1. The number of nitrogens with zero attached hydrogens (tertiary/aromatic N) is 2. The summed E-state index contributed by atoms with van der Waals surface area (Å²) in [5.41, 5.74) is 1.88. The Labute approximate surface area is 165 Å². The molecule has 2 aromatic heterocycles. The van der Waals surface area contributed by atoms with Gasteiger partial charge in [0.25, 0.3) is 5.91 Å². The number of hydrogen-bond acceptors (Lipinski definition) is 3. The summed E-state index contributed by atoms with van der Waals surface area (Å²) in [4.78, 5) is 17.4. The van der Waals surface area contributed by atoms with Crippen LogP contribution >= 0.6 is 11.6 Å². The number of nitrogens with one attached hydrogen (secondary N) is 1. The number of halogens is 2. The molecule has 142 valence electrons. The molecule has 0 aliphatic carbocycles. The smallest absolute Gasteiger partial charge is 0.288 e. The Balaban J connectivity index is 1.74. The second kappa shape index (κ2) is 7.13. The van der Waals surface area contributed by atoms with Crippen LogP contribution in [0.4, 0.5) is 4.39 Å². The number of carbonyl (C=O) groups excluding carboxylic acids is 1. The lowest BCUT2D eigenvalue weighted by Gasteiger charge is -2.18. The van der Waals surface area contributed by atoms with Gasteiger partial charge >= 0.3 is 0 Å². The fraction of sp³-hybridized carbons (Fsp3) is 0.143. The summed E-state index contributed by atoms with van der Waals surface area (Å²) in [6.45, 7) is 1.81. The SMILES string of the molecule is Cc1c(C(=O)N[C@@H](c2ccc(F)cc2)c2nccn2C)oc2c(Cl)cccc12. The van der Waals surface area contributed by atoms with Crippen LogP contribution in [0.3, 0.4) is 0 Å². The highest BCUT2D eigenvalue weighted by molar-refractivity contribution is 6.35. The van der Waals surface area contributed by atoms with Gasteiger partial charge in [-0.15, -0.1) is 0 Å². The summed E-state index contributed by atoms with van der Waals surface area (Å²) in [5.74, 6) is 0.0507. The maximum atomic E-state index is 13.4. The van der Waals surface area contributed by atoms with Crippen LogP contribution in [0.15, 0.2) is 59.3 Å². The minimum Gasteiger partial charge on any atom is -0.449 e. The second-order valence-electron chi connectivity index (χ2n) is 6.53. The molecule has 1 atom stereocenters. The maximum absolute atomic E-state index is 13.4. The highest BCUT2D eigenvalue weighted by atomic mass is 35.5. The van der Waals surface area contributed by atoms with Gasteiger partial charge in [0.15, 0.2) is 11.3 Å². The van der Waals surface area contributed by atoms with E-state index in [9.17, 15) is 9.18 Å². The zero-order valence-electron chi connectivity index (χ0n) is 15.2. The van der Waals surface area contributed by atoms with Crippen molar-refractivity contribution in [3.8, 4) is 0 Å². The van der Waals surface area contributed by atoms with Gasteiger partial charge in [-0.05, 0) is 30.7 Å². The lowest BCUT2D eigenvalue weighted by Crippen LogP contribution is -2.31. The van der Waals surface area contributed by atoms with Crippen molar-refractivity contribution in [3.63, 3.8) is 0 Å². The van der Waals surface area contributed by atoms with Crippen molar-refractivity contribution in [1.29, 1.82) is 0 Å². The molecule has 0 unspecified atom stereocenters. The average Bonchev–Trinajstić information content (AvgIpc) is 3.25. The van der Waals surface area contributed by atoms with Crippen molar-refractivity contribution in [1.82, 2.24) is 14.9 Å². The molecule has 28 heavy (non-hydrogen) atoms. The minimum absolute atomic E-state index is 0.185. The van der Waals surface area contributed by atoms with Crippen molar-refractivity contribution in [2.45, 2.75) is 13.0 Å². The molecular formula is C21H17ClFN3O2. The van der Waals surface area contributed by atoms with Crippen molar-refractivity contribution in [2.75, 3.05) is 0 Å². The molecule has 1 N–H and O–H groups in total. The minimum atomic E-state index is -0.573. The number of furan rings is 1. The quantitative estimate of drug-likeness (QED) is 0.538. The highest BCUT2D eigenvalue weighted by Gasteiger charge is 2.25. The van der Waals surface area contributed by atoms with Crippen molar-refractivity contribution < 1.29 is 13.6 Å². The van der Waals surface area contributed by atoms with E-state index in [4.69, 9.17) is 16.0 Å². The summed E-state index contributed by atoms with van der Waals surface area (Å²) in [6.07, 6.45) is 3.43. The Morgan fingerprint density at radius 1 is 1.25 bits per heavy atom. The van der Waals surface area contributed by atoms with Crippen LogP contribution < -0.4 is 5.32 Å². The molecule has 0 spiro atoms. The average molecular weight is 398 g/mol. The van der Waals surface area contributed by atoms with Gasteiger partial charge in [-0.1, -0.05) is 35.9 Å². The molecule has 4 rings (SSSR count). The number of para-hydroxylation sites is 1. The van der Waals surface area contributed by atoms with E-state index in [1.807, 2.05) is 26.1 Å². The summed E-state index contributed by atoms with van der Waals surface area (Å²) in [7, 11) is 1.83. The van der Waals surface area contributed by atoms with E-state index in [0.717, 1.165) is 5.39 Å². The van der Waals surface area contributed by atoms with E-state index in [1.165, 1.54) is 12.1 Å². The molecule has 0 fully saturated rings. The van der Waals surface area contributed by atoms with Crippen molar-refractivity contribution in [3.05, 3.63) is 88.4 Å². The van der Waals surface area contributed by atoms with Gasteiger partial charge in [0.05, 0.1) is 5.02 Å². The van der Waals surface area contributed by atoms with E-state index >= 15 is 0 Å². The molecular weight excluding hydrogens is 381 g/mol. The summed E-state index contributed by atoms with van der Waals surface area (Å²) in [6, 6.07) is 10.7. The first kappa shape index (κ1) is 18.3. The molecule has 4 aromatic rings. The van der Waals surface area contributed by atoms with Crippen LogP contribution in [0.25, 0.3) is 11.0 Å². The van der Waals surface area contributed by atoms with E-state index in [0.29, 0.717) is 27.6 Å². The Morgan fingerprint density at radius 2 is 2.00 bits per heavy atom. The monoisotopic (exact) mass is 397 g/mol. The molecule has 0 bridgehead atoms. The largest absolute Gasteiger partial charge is 0.449 e. The van der Waals surface area contributed by atoms with Gasteiger partial charge in [0.1, 0.15) is 17.7 Å². The topological polar surface area (TPSA) is 60.1 Å². The molecule has 1 amide bonds. The second-order valence-corrected chi connectivity index (χ2v) is 6.93. The number of rotatable bonds is 4. The zero-order valence-corrected chi connectivity index (χ0v) is 16.0. The number of fused-ring (bicyclic) bond motifs is 1. The molecule has 5 nitrogen and oxygen atoms in total.